The number of oxime groups is 2. The van der Waals surface area contributed by atoms with Crippen LogP contribution >= 0.6 is 0 Å². The summed E-state index contributed by atoms with van der Waals surface area (Å²) < 4.78 is 0. The maximum atomic E-state index is 8.85. The summed E-state index contributed by atoms with van der Waals surface area (Å²) in [6.45, 7) is 9.52. The molecule has 0 unspecified atom stereocenters. The van der Waals surface area contributed by atoms with E-state index in [1.807, 2.05) is 32.6 Å². The van der Waals surface area contributed by atoms with E-state index in [0.717, 1.165) is 0 Å². The number of hydrogen-bond acceptors (Lipinski definition) is 4. The van der Waals surface area contributed by atoms with Crippen LogP contribution in [0.5, 0.6) is 0 Å². The SMILES string of the molecule is CC(=N\O)/C(=N/O)N(C(C)C)C(C)C. The number of rotatable bonds is 3. The molecule has 0 radical (unpaired) electrons. The molecule has 0 aliphatic heterocycles. The van der Waals surface area contributed by atoms with Crippen molar-refractivity contribution in [1.82, 2.24) is 4.90 Å². The Morgan fingerprint density at radius 1 is 1.00 bits per heavy atom. The van der Waals surface area contributed by atoms with Crippen LogP contribution < -0.4 is 0 Å². The molecule has 0 amide bonds. The molecule has 0 fully saturated rings. The van der Waals surface area contributed by atoms with Gasteiger partial charge in [-0.15, -0.1) is 0 Å². The van der Waals surface area contributed by atoms with Gasteiger partial charge in [0, 0.05) is 12.1 Å². The third kappa shape index (κ3) is 2.90. The van der Waals surface area contributed by atoms with Crippen LogP contribution in [0, 0.1) is 0 Å². The minimum atomic E-state index is 0.178. The maximum Gasteiger partial charge on any atom is 0.193 e. The third-order valence-corrected chi connectivity index (χ3v) is 1.93. The minimum Gasteiger partial charge on any atom is -0.411 e. The molecule has 82 valence electrons. The van der Waals surface area contributed by atoms with E-state index in [4.69, 9.17) is 10.4 Å². The summed E-state index contributed by atoms with van der Waals surface area (Å²) >= 11 is 0. The molecule has 5 nitrogen and oxygen atoms in total. The van der Waals surface area contributed by atoms with Crippen LogP contribution in [-0.2, 0) is 0 Å². The van der Waals surface area contributed by atoms with Gasteiger partial charge in [0.05, 0.1) is 0 Å². The van der Waals surface area contributed by atoms with Gasteiger partial charge in [0.15, 0.2) is 5.84 Å². The minimum absolute atomic E-state index is 0.178. The van der Waals surface area contributed by atoms with Gasteiger partial charge in [-0.1, -0.05) is 10.3 Å². The van der Waals surface area contributed by atoms with E-state index in [2.05, 4.69) is 10.3 Å². The third-order valence-electron chi connectivity index (χ3n) is 1.93. The smallest absolute Gasteiger partial charge is 0.193 e. The van der Waals surface area contributed by atoms with Crippen LogP contribution in [0.4, 0.5) is 0 Å². The zero-order chi connectivity index (χ0) is 11.3. The van der Waals surface area contributed by atoms with Gasteiger partial charge in [-0.05, 0) is 34.6 Å². The second kappa shape index (κ2) is 5.47. The first kappa shape index (κ1) is 12.7. The van der Waals surface area contributed by atoms with Crippen molar-refractivity contribution in [2.45, 2.75) is 46.7 Å². The summed E-state index contributed by atoms with van der Waals surface area (Å²) in [6.07, 6.45) is 0. The van der Waals surface area contributed by atoms with Gasteiger partial charge in [-0.2, -0.15) is 0 Å². The molecule has 0 aromatic rings. The fourth-order valence-corrected chi connectivity index (χ4v) is 1.44. The molecule has 0 aliphatic rings. The summed E-state index contributed by atoms with van der Waals surface area (Å²) in [5.74, 6) is 0.303. The Hall–Kier alpha value is -1.26. The van der Waals surface area contributed by atoms with Crippen molar-refractivity contribution in [3.63, 3.8) is 0 Å². The lowest BCUT2D eigenvalue weighted by atomic mass is 10.2. The predicted molar refractivity (Wildman–Crippen MR) is 56.2 cm³/mol. The number of hydrogen-bond donors (Lipinski definition) is 2. The van der Waals surface area contributed by atoms with Crippen molar-refractivity contribution in [3.8, 4) is 0 Å². The Labute approximate surface area is 84.7 Å². The highest BCUT2D eigenvalue weighted by atomic mass is 16.4. The van der Waals surface area contributed by atoms with Crippen molar-refractivity contribution in [2.75, 3.05) is 0 Å². The van der Waals surface area contributed by atoms with Gasteiger partial charge < -0.3 is 15.3 Å². The van der Waals surface area contributed by atoms with Crippen LogP contribution in [0.25, 0.3) is 0 Å². The highest BCUT2D eigenvalue weighted by Crippen LogP contribution is 2.07. The Morgan fingerprint density at radius 2 is 1.43 bits per heavy atom. The maximum absolute atomic E-state index is 8.85. The molecule has 0 bridgehead atoms. The number of amidine groups is 1. The average molecular weight is 201 g/mol. The topological polar surface area (TPSA) is 68.4 Å². The largest absolute Gasteiger partial charge is 0.411 e. The van der Waals surface area contributed by atoms with Crippen molar-refractivity contribution in [1.29, 1.82) is 0 Å². The standard InChI is InChI=1S/C9H19N3O2/c1-6(2)12(7(3)4)9(11-14)8(5)10-13/h6-7,13-14H,1-5H3/b10-8+,11-9-. The fraction of sp³-hybridized carbons (Fsp3) is 0.778. The molecule has 0 saturated heterocycles. The molecule has 0 atom stereocenters. The lowest BCUT2D eigenvalue weighted by Crippen LogP contribution is -2.45. The van der Waals surface area contributed by atoms with Gasteiger partial charge in [0.1, 0.15) is 5.71 Å². The average Bonchev–Trinajstić information content (AvgIpc) is 2.11. The van der Waals surface area contributed by atoms with Crippen molar-refractivity contribution < 1.29 is 10.4 Å². The molecule has 0 aromatic carbocycles. The Balaban J connectivity index is 4.98. The molecule has 0 heterocycles. The van der Waals surface area contributed by atoms with Crippen LogP contribution in [0.2, 0.25) is 0 Å². The number of nitrogens with zero attached hydrogens (tertiary/aromatic N) is 3. The van der Waals surface area contributed by atoms with Gasteiger partial charge in [0.2, 0.25) is 0 Å². The first-order valence-corrected chi connectivity index (χ1v) is 4.65. The van der Waals surface area contributed by atoms with E-state index in [1.165, 1.54) is 0 Å². The quantitative estimate of drug-likeness (QED) is 0.316. The molecule has 2 N–H and O–H groups in total. The summed E-state index contributed by atoms with van der Waals surface area (Å²) in [6, 6.07) is 0.357. The van der Waals surface area contributed by atoms with Crippen LogP contribution in [0.15, 0.2) is 10.3 Å². The molecule has 0 rings (SSSR count). The van der Waals surface area contributed by atoms with E-state index < -0.39 is 0 Å². The van der Waals surface area contributed by atoms with Crippen LogP contribution in [-0.4, -0.2) is 38.9 Å². The summed E-state index contributed by atoms with van der Waals surface area (Å²) in [5.41, 5.74) is 0.301. The van der Waals surface area contributed by atoms with Gasteiger partial charge >= 0.3 is 0 Å². The second-order valence-electron chi connectivity index (χ2n) is 3.70. The van der Waals surface area contributed by atoms with E-state index >= 15 is 0 Å². The lowest BCUT2D eigenvalue weighted by molar-refractivity contribution is 0.259. The zero-order valence-electron chi connectivity index (χ0n) is 9.39. The molecular formula is C9H19N3O2. The molecule has 0 aliphatic carbocycles. The second-order valence-corrected chi connectivity index (χ2v) is 3.70. The normalized spacial score (nSPS) is 13.9. The van der Waals surface area contributed by atoms with Gasteiger partial charge in [0.25, 0.3) is 0 Å². The zero-order valence-corrected chi connectivity index (χ0v) is 9.39. The first-order chi connectivity index (χ1) is 6.45. The van der Waals surface area contributed by atoms with Crippen LogP contribution in [0.1, 0.15) is 34.6 Å². The molecule has 0 spiro atoms. The van der Waals surface area contributed by atoms with E-state index in [1.54, 1.807) is 6.92 Å². The van der Waals surface area contributed by atoms with Crippen molar-refractivity contribution in [3.05, 3.63) is 0 Å². The van der Waals surface area contributed by atoms with E-state index in [9.17, 15) is 0 Å². The molecule has 0 aromatic heterocycles. The monoisotopic (exact) mass is 201 g/mol. The van der Waals surface area contributed by atoms with Gasteiger partial charge in [-0.3, -0.25) is 0 Å². The summed E-state index contributed by atoms with van der Waals surface area (Å²) in [7, 11) is 0. The first-order valence-electron chi connectivity index (χ1n) is 4.65. The van der Waals surface area contributed by atoms with E-state index in [-0.39, 0.29) is 12.1 Å². The van der Waals surface area contributed by atoms with Gasteiger partial charge in [-0.25, -0.2) is 0 Å². The van der Waals surface area contributed by atoms with E-state index in [0.29, 0.717) is 11.5 Å². The lowest BCUT2D eigenvalue weighted by Gasteiger charge is -2.32. The highest BCUT2D eigenvalue weighted by Gasteiger charge is 2.21. The molecule has 14 heavy (non-hydrogen) atoms. The summed E-state index contributed by atoms with van der Waals surface area (Å²) in [4.78, 5) is 1.87. The highest BCUT2D eigenvalue weighted by molar-refractivity contribution is 6.40. The Kier molecular flexibility index (Phi) is 4.97. The molecule has 5 heteroatoms. The van der Waals surface area contributed by atoms with Crippen molar-refractivity contribution in [2.24, 2.45) is 10.3 Å². The molecular weight excluding hydrogens is 182 g/mol. The molecule has 0 saturated carbocycles. The Morgan fingerprint density at radius 3 is 1.64 bits per heavy atom. The predicted octanol–water partition coefficient (Wildman–Crippen LogP) is 1.74. The fourth-order valence-electron chi connectivity index (χ4n) is 1.44. The van der Waals surface area contributed by atoms with Crippen LogP contribution in [0.3, 0.4) is 0 Å². The summed E-state index contributed by atoms with van der Waals surface area (Å²) in [5, 5.41) is 23.7. The van der Waals surface area contributed by atoms with Crippen molar-refractivity contribution >= 4 is 11.5 Å². The Bertz CT molecular complexity index is 226.